The molecule has 20 heavy (non-hydrogen) atoms. The molecule has 0 unspecified atom stereocenters. The first-order valence-electron chi connectivity index (χ1n) is 8.01. The zero-order valence-electron chi connectivity index (χ0n) is 13.4. The van der Waals surface area contributed by atoms with Crippen LogP contribution in [0.4, 0.5) is 0 Å². The van der Waals surface area contributed by atoms with E-state index in [9.17, 15) is 0 Å². The van der Waals surface area contributed by atoms with Crippen LogP contribution in [0.5, 0.6) is 0 Å². The fraction of sp³-hybridized carbons (Fsp3) is 0.667. The van der Waals surface area contributed by atoms with Gasteiger partial charge < -0.3 is 10.6 Å². The van der Waals surface area contributed by atoms with Crippen LogP contribution in [0, 0.1) is 5.92 Å². The molecule has 2 heteroatoms. The molecule has 112 valence electrons. The van der Waals surface area contributed by atoms with E-state index in [-0.39, 0.29) is 5.41 Å². The maximum atomic E-state index is 5.74. The van der Waals surface area contributed by atoms with Gasteiger partial charge >= 0.3 is 0 Å². The molecule has 0 amide bonds. The molecule has 1 aromatic carbocycles. The molecule has 0 atom stereocenters. The van der Waals surface area contributed by atoms with Gasteiger partial charge in [0.05, 0.1) is 0 Å². The molecule has 1 saturated heterocycles. The molecule has 1 aliphatic rings. The van der Waals surface area contributed by atoms with Gasteiger partial charge in [-0.15, -0.1) is 0 Å². The molecule has 0 aromatic heterocycles. The van der Waals surface area contributed by atoms with Gasteiger partial charge in [0.1, 0.15) is 0 Å². The Morgan fingerprint density at radius 1 is 1.10 bits per heavy atom. The van der Waals surface area contributed by atoms with Crippen LogP contribution < -0.4 is 5.73 Å². The summed E-state index contributed by atoms with van der Waals surface area (Å²) in [6.07, 6.45) is 3.72. The van der Waals surface area contributed by atoms with E-state index in [4.69, 9.17) is 5.73 Å². The molecule has 1 heterocycles. The third-order valence-corrected chi connectivity index (χ3v) is 4.58. The van der Waals surface area contributed by atoms with Crippen molar-refractivity contribution in [1.29, 1.82) is 0 Å². The zero-order chi connectivity index (χ0) is 14.6. The standard InChI is InChI=1S/C18H30N2/c1-18(2,3)17-6-4-15(5-7-17)8-11-20-12-9-16(14-19)10-13-20/h4-7,16H,8-14,19H2,1-3H3. The maximum Gasteiger partial charge on any atom is 0.00218 e. The van der Waals surface area contributed by atoms with E-state index in [0.717, 1.165) is 18.9 Å². The van der Waals surface area contributed by atoms with Crippen LogP contribution in [0.25, 0.3) is 0 Å². The van der Waals surface area contributed by atoms with Gasteiger partial charge in [0, 0.05) is 6.54 Å². The molecule has 0 aliphatic carbocycles. The summed E-state index contributed by atoms with van der Waals surface area (Å²) >= 11 is 0. The number of nitrogens with zero attached hydrogens (tertiary/aromatic N) is 1. The monoisotopic (exact) mass is 274 g/mol. The van der Waals surface area contributed by atoms with Crippen LogP contribution in [0.15, 0.2) is 24.3 Å². The molecule has 1 fully saturated rings. The first-order valence-corrected chi connectivity index (χ1v) is 8.01. The van der Waals surface area contributed by atoms with Crippen LogP contribution >= 0.6 is 0 Å². The number of likely N-dealkylation sites (tertiary alicyclic amines) is 1. The lowest BCUT2D eigenvalue weighted by Gasteiger charge is -2.31. The van der Waals surface area contributed by atoms with Crippen molar-refractivity contribution in [2.24, 2.45) is 11.7 Å². The van der Waals surface area contributed by atoms with Crippen molar-refractivity contribution < 1.29 is 0 Å². The van der Waals surface area contributed by atoms with Gasteiger partial charge in [0.25, 0.3) is 0 Å². The third-order valence-electron chi connectivity index (χ3n) is 4.58. The summed E-state index contributed by atoms with van der Waals surface area (Å²) in [7, 11) is 0. The molecule has 2 N–H and O–H groups in total. The van der Waals surface area contributed by atoms with Gasteiger partial charge in [-0.3, -0.25) is 0 Å². The Balaban J connectivity index is 1.80. The van der Waals surface area contributed by atoms with E-state index < -0.39 is 0 Å². The van der Waals surface area contributed by atoms with Crippen molar-refractivity contribution in [2.75, 3.05) is 26.2 Å². The highest BCUT2D eigenvalue weighted by atomic mass is 15.1. The van der Waals surface area contributed by atoms with Crippen molar-refractivity contribution in [3.05, 3.63) is 35.4 Å². The van der Waals surface area contributed by atoms with Gasteiger partial charge in [0.15, 0.2) is 0 Å². The molecular formula is C18H30N2. The highest BCUT2D eigenvalue weighted by Crippen LogP contribution is 2.22. The van der Waals surface area contributed by atoms with Gasteiger partial charge in [-0.2, -0.15) is 0 Å². The Bertz CT molecular complexity index is 394. The number of piperidine rings is 1. The summed E-state index contributed by atoms with van der Waals surface area (Å²) in [5, 5.41) is 0. The summed E-state index contributed by atoms with van der Waals surface area (Å²) in [5.41, 5.74) is 8.88. The topological polar surface area (TPSA) is 29.3 Å². The summed E-state index contributed by atoms with van der Waals surface area (Å²) in [6.45, 7) is 11.3. The molecule has 0 bridgehead atoms. The molecule has 1 aliphatic heterocycles. The van der Waals surface area contributed by atoms with Gasteiger partial charge in [-0.05, 0) is 61.4 Å². The van der Waals surface area contributed by atoms with Gasteiger partial charge in [-0.1, -0.05) is 45.0 Å². The van der Waals surface area contributed by atoms with Gasteiger partial charge in [0.2, 0.25) is 0 Å². The number of nitrogens with two attached hydrogens (primary N) is 1. The van der Waals surface area contributed by atoms with Crippen molar-refractivity contribution in [3.8, 4) is 0 Å². The van der Waals surface area contributed by atoms with Gasteiger partial charge in [-0.25, -0.2) is 0 Å². The average molecular weight is 274 g/mol. The second-order valence-electron chi connectivity index (χ2n) is 7.22. The molecule has 1 aromatic rings. The van der Waals surface area contributed by atoms with Crippen LogP contribution in [-0.4, -0.2) is 31.1 Å². The third kappa shape index (κ3) is 4.32. The van der Waals surface area contributed by atoms with Crippen molar-refractivity contribution in [1.82, 2.24) is 4.90 Å². The van der Waals surface area contributed by atoms with E-state index >= 15 is 0 Å². The summed E-state index contributed by atoms with van der Waals surface area (Å²) in [4.78, 5) is 2.59. The first-order chi connectivity index (χ1) is 9.49. The van der Waals surface area contributed by atoms with Crippen LogP contribution in [-0.2, 0) is 11.8 Å². The second-order valence-corrected chi connectivity index (χ2v) is 7.22. The lowest BCUT2D eigenvalue weighted by Crippen LogP contribution is -2.37. The smallest absolute Gasteiger partial charge is 0.00218 e. The number of hydrogen-bond acceptors (Lipinski definition) is 2. The minimum atomic E-state index is 0.253. The number of rotatable bonds is 4. The summed E-state index contributed by atoms with van der Waals surface area (Å²) < 4.78 is 0. The predicted molar refractivity (Wildman–Crippen MR) is 87.1 cm³/mol. The largest absolute Gasteiger partial charge is 0.330 e. The predicted octanol–water partition coefficient (Wildman–Crippen LogP) is 3.20. The fourth-order valence-corrected chi connectivity index (χ4v) is 2.90. The minimum absolute atomic E-state index is 0.253. The zero-order valence-corrected chi connectivity index (χ0v) is 13.4. The fourth-order valence-electron chi connectivity index (χ4n) is 2.90. The summed E-state index contributed by atoms with van der Waals surface area (Å²) in [5.74, 6) is 0.761. The second kappa shape index (κ2) is 6.73. The Kier molecular flexibility index (Phi) is 5.22. The first kappa shape index (κ1) is 15.5. The number of benzene rings is 1. The summed E-state index contributed by atoms with van der Waals surface area (Å²) in [6, 6.07) is 9.17. The lowest BCUT2D eigenvalue weighted by molar-refractivity contribution is 0.189. The Hall–Kier alpha value is -0.860. The lowest BCUT2D eigenvalue weighted by atomic mass is 9.86. The average Bonchev–Trinajstić information content (AvgIpc) is 2.45. The van der Waals surface area contributed by atoms with Crippen molar-refractivity contribution in [3.63, 3.8) is 0 Å². The van der Waals surface area contributed by atoms with E-state index in [1.165, 1.54) is 43.6 Å². The molecule has 2 rings (SSSR count). The molecule has 0 saturated carbocycles. The Morgan fingerprint density at radius 2 is 1.70 bits per heavy atom. The highest BCUT2D eigenvalue weighted by Gasteiger charge is 2.17. The number of hydrogen-bond donors (Lipinski definition) is 1. The minimum Gasteiger partial charge on any atom is -0.330 e. The van der Waals surface area contributed by atoms with Crippen LogP contribution in [0.2, 0.25) is 0 Å². The van der Waals surface area contributed by atoms with Crippen molar-refractivity contribution in [2.45, 2.75) is 45.4 Å². The maximum absolute atomic E-state index is 5.74. The van der Waals surface area contributed by atoms with E-state index in [0.29, 0.717) is 0 Å². The van der Waals surface area contributed by atoms with E-state index in [1.807, 2.05) is 0 Å². The highest BCUT2D eigenvalue weighted by molar-refractivity contribution is 5.27. The van der Waals surface area contributed by atoms with Crippen LogP contribution in [0.3, 0.4) is 0 Å². The van der Waals surface area contributed by atoms with E-state index in [1.54, 1.807) is 0 Å². The molecule has 0 radical (unpaired) electrons. The van der Waals surface area contributed by atoms with Crippen LogP contribution in [0.1, 0.15) is 44.7 Å². The molecular weight excluding hydrogens is 244 g/mol. The van der Waals surface area contributed by atoms with E-state index in [2.05, 4.69) is 49.9 Å². The molecule has 2 nitrogen and oxygen atoms in total. The Morgan fingerprint density at radius 3 is 2.20 bits per heavy atom. The Labute approximate surface area is 124 Å². The quantitative estimate of drug-likeness (QED) is 0.913. The SMILES string of the molecule is CC(C)(C)c1ccc(CCN2CCC(CN)CC2)cc1. The molecule has 0 spiro atoms. The van der Waals surface area contributed by atoms with Crippen molar-refractivity contribution >= 4 is 0 Å². The normalized spacial score (nSPS) is 18.4.